The summed E-state index contributed by atoms with van der Waals surface area (Å²) in [6.45, 7) is 3.09. The van der Waals surface area contributed by atoms with Crippen molar-refractivity contribution in [3.05, 3.63) is 30.1 Å². The van der Waals surface area contributed by atoms with E-state index in [0.29, 0.717) is 40.1 Å². The molecule has 2 saturated heterocycles. The normalized spacial score (nSPS) is 24.3. The number of halogens is 3. The van der Waals surface area contributed by atoms with E-state index in [-0.39, 0.29) is 12.0 Å². The van der Waals surface area contributed by atoms with Gasteiger partial charge in [-0.2, -0.15) is 18.2 Å². The number of hydrogen-bond donors (Lipinski definition) is 2. The fourth-order valence-corrected chi connectivity index (χ4v) is 6.62. The minimum atomic E-state index is -4.40. The van der Waals surface area contributed by atoms with Gasteiger partial charge in [0.05, 0.1) is 12.7 Å². The molecule has 14 heteroatoms. The second kappa shape index (κ2) is 9.88. The van der Waals surface area contributed by atoms with Crippen LogP contribution < -0.4 is 20.4 Å². The zero-order valence-electron chi connectivity index (χ0n) is 20.8. The Hall–Kier alpha value is -3.13. The lowest BCUT2D eigenvalue weighted by Crippen LogP contribution is -2.49. The molecule has 3 fully saturated rings. The summed E-state index contributed by atoms with van der Waals surface area (Å²) in [7, 11) is 1.49. The van der Waals surface area contributed by atoms with E-state index in [1.807, 2.05) is 9.58 Å². The number of amides is 2. The summed E-state index contributed by atoms with van der Waals surface area (Å²) in [5, 5.41) is 9.73. The predicted octanol–water partition coefficient (Wildman–Crippen LogP) is 3.55. The Morgan fingerprint density at radius 1 is 1.16 bits per heavy atom. The van der Waals surface area contributed by atoms with Crippen molar-refractivity contribution in [1.29, 1.82) is 0 Å². The molecular weight excluding hydrogens is 521 g/mol. The number of likely N-dealkylation sites (tertiary alicyclic amines) is 1. The lowest BCUT2D eigenvalue weighted by Gasteiger charge is -2.36. The fourth-order valence-electron chi connectivity index (χ4n) is 6.09. The van der Waals surface area contributed by atoms with Crippen molar-refractivity contribution in [1.82, 2.24) is 29.2 Å². The second-order valence-corrected chi connectivity index (χ2v) is 11.1. The lowest BCUT2D eigenvalue weighted by atomic mass is 10.0. The number of nitrogens with one attached hydrogen (secondary N) is 2. The first-order valence-electron chi connectivity index (χ1n) is 12.8. The number of ether oxygens (including phenoxy) is 1. The van der Waals surface area contributed by atoms with Gasteiger partial charge in [-0.05, 0) is 49.7 Å². The predicted molar refractivity (Wildman–Crippen MR) is 136 cm³/mol. The number of fused-ring (bicyclic) bond motifs is 2. The van der Waals surface area contributed by atoms with Crippen LogP contribution in [0.15, 0.2) is 24.5 Å². The number of carbonyl (C=O) groups is 1. The number of nitrogens with zero attached hydrogens (tertiary/aromatic N) is 6. The van der Waals surface area contributed by atoms with Crippen molar-refractivity contribution in [2.45, 2.75) is 43.9 Å². The number of methoxy groups -OCH3 is 1. The van der Waals surface area contributed by atoms with Crippen molar-refractivity contribution in [2.24, 2.45) is 11.8 Å². The second-order valence-electron chi connectivity index (χ2n) is 10.3. The van der Waals surface area contributed by atoms with E-state index >= 15 is 0 Å². The standard InChI is InChI=1S/C24H29F3N8O2S/c1-37-21-30-22(38-32-21)31-23(36)33-12-15-9-19(10-16(15)13-33)29-18-3-5-34(6-4-18)35-7-2-14-8-17(24(25,26)27)11-28-20(14)35/h2,7-8,11,15-16,18-19,29H,3-6,9-10,12-13H2,1H3,(H,30,31,32,36)/t15-,16+,19+. The van der Waals surface area contributed by atoms with Gasteiger partial charge in [0, 0.05) is 67.6 Å². The average Bonchev–Trinajstić information content (AvgIpc) is 3.66. The van der Waals surface area contributed by atoms with Gasteiger partial charge >= 0.3 is 18.2 Å². The molecule has 0 unspecified atom stereocenters. The van der Waals surface area contributed by atoms with Crippen molar-refractivity contribution in [3.8, 4) is 6.01 Å². The Balaban J connectivity index is 0.974. The number of piperidine rings is 1. The number of aromatic nitrogens is 4. The van der Waals surface area contributed by atoms with Crippen LogP contribution >= 0.6 is 11.5 Å². The van der Waals surface area contributed by atoms with Crippen LogP contribution in [0.25, 0.3) is 11.0 Å². The lowest BCUT2D eigenvalue weighted by molar-refractivity contribution is -0.137. The van der Waals surface area contributed by atoms with Gasteiger partial charge in [-0.3, -0.25) is 5.32 Å². The molecule has 3 atom stereocenters. The van der Waals surface area contributed by atoms with Crippen LogP contribution in [-0.4, -0.2) is 75.3 Å². The molecule has 3 aromatic heterocycles. The van der Waals surface area contributed by atoms with Gasteiger partial charge in [-0.1, -0.05) is 0 Å². The van der Waals surface area contributed by atoms with Crippen LogP contribution in [0.2, 0.25) is 0 Å². The Bertz CT molecular complexity index is 1290. The van der Waals surface area contributed by atoms with Gasteiger partial charge in [0.1, 0.15) is 0 Å². The summed E-state index contributed by atoms with van der Waals surface area (Å²) in [5.41, 5.74) is -0.180. The summed E-state index contributed by atoms with van der Waals surface area (Å²) in [6, 6.07) is 3.79. The molecule has 0 bridgehead atoms. The third-order valence-electron chi connectivity index (χ3n) is 7.92. The number of pyridine rings is 1. The van der Waals surface area contributed by atoms with Crippen LogP contribution in [0.4, 0.5) is 23.1 Å². The molecule has 204 valence electrons. The maximum absolute atomic E-state index is 13.0. The smallest absolute Gasteiger partial charge is 0.417 e. The molecule has 5 heterocycles. The zero-order chi connectivity index (χ0) is 26.4. The van der Waals surface area contributed by atoms with E-state index in [0.717, 1.165) is 75.7 Å². The Morgan fingerprint density at radius 2 is 1.89 bits per heavy atom. The number of urea groups is 1. The van der Waals surface area contributed by atoms with E-state index in [9.17, 15) is 18.0 Å². The van der Waals surface area contributed by atoms with E-state index in [4.69, 9.17) is 4.74 Å². The Morgan fingerprint density at radius 3 is 2.55 bits per heavy atom. The third kappa shape index (κ3) is 4.98. The Kier molecular flexibility index (Phi) is 6.54. The summed E-state index contributed by atoms with van der Waals surface area (Å²) < 4.78 is 49.9. The topological polar surface area (TPSA) is 100 Å². The molecule has 3 aliphatic rings. The maximum Gasteiger partial charge on any atom is 0.417 e. The van der Waals surface area contributed by atoms with Crippen LogP contribution in [0.5, 0.6) is 6.01 Å². The number of hydrogen-bond acceptors (Lipinski definition) is 8. The summed E-state index contributed by atoms with van der Waals surface area (Å²) in [5.74, 6) is 0.974. The molecule has 38 heavy (non-hydrogen) atoms. The summed E-state index contributed by atoms with van der Waals surface area (Å²) in [4.78, 5) is 22.7. The highest BCUT2D eigenvalue weighted by Crippen LogP contribution is 2.39. The quantitative estimate of drug-likeness (QED) is 0.501. The molecule has 2 amide bonds. The van der Waals surface area contributed by atoms with Gasteiger partial charge in [0.15, 0.2) is 5.65 Å². The molecule has 0 spiro atoms. The van der Waals surface area contributed by atoms with Crippen LogP contribution in [0.1, 0.15) is 31.2 Å². The number of anilines is 1. The van der Waals surface area contributed by atoms with Gasteiger partial charge in [0.2, 0.25) is 5.13 Å². The minimum Gasteiger partial charge on any atom is -0.466 e. The minimum absolute atomic E-state index is 0.142. The maximum atomic E-state index is 13.0. The van der Waals surface area contributed by atoms with E-state index < -0.39 is 11.7 Å². The molecule has 2 aliphatic heterocycles. The molecule has 6 rings (SSSR count). The molecular formula is C24H29F3N8O2S. The van der Waals surface area contributed by atoms with E-state index in [1.165, 1.54) is 7.11 Å². The van der Waals surface area contributed by atoms with Gasteiger partial charge < -0.3 is 20.0 Å². The van der Waals surface area contributed by atoms with Crippen molar-refractivity contribution >= 4 is 33.7 Å². The molecule has 1 aliphatic carbocycles. The molecule has 0 radical (unpaired) electrons. The zero-order valence-corrected chi connectivity index (χ0v) is 21.6. The molecule has 3 aromatic rings. The van der Waals surface area contributed by atoms with Crippen LogP contribution in [-0.2, 0) is 6.18 Å². The highest BCUT2D eigenvalue weighted by atomic mass is 32.1. The first-order chi connectivity index (χ1) is 18.3. The molecule has 1 saturated carbocycles. The SMILES string of the molecule is COc1nsc(NC(=O)N2C[C@H]3C[C@H](NC4CCN(n5ccc6cc(C(F)(F)F)cnc65)CC4)C[C@H]3C2)n1. The summed E-state index contributed by atoms with van der Waals surface area (Å²) in [6.07, 6.45) is 2.31. The van der Waals surface area contributed by atoms with Gasteiger partial charge in [0.25, 0.3) is 0 Å². The van der Waals surface area contributed by atoms with Crippen molar-refractivity contribution < 1.29 is 22.7 Å². The number of carbonyl (C=O) groups excluding carboxylic acids is 1. The summed E-state index contributed by atoms with van der Waals surface area (Å²) >= 11 is 1.10. The molecule has 2 N–H and O–H groups in total. The van der Waals surface area contributed by atoms with E-state index in [2.05, 4.69) is 30.0 Å². The fraction of sp³-hybridized carbons (Fsp3) is 0.583. The number of rotatable bonds is 5. The largest absolute Gasteiger partial charge is 0.466 e. The third-order valence-corrected chi connectivity index (χ3v) is 8.54. The van der Waals surface area contributed by atoms with Gasteiger partial charge in [-0.15, -0.1) is 4.37 Å². The highest BCUT2D eigenvalue weighted by molar-refractivity contribution is 7.10. The van der Waals surface area contributed by atoms with Crippen molar-refractivity contribution in [3.63, 3.8) is 0 Å². The molecule has 0 aromatic carbocycles. The number of alkyl halides is 3. The highest BCUT2D eigenvalue weighted by Gasteiger charge is 2.43. The average molecular weight is 551 g/mol. The Labute approximate surface area is 221 Å². The van der Waals surface area contributed by atoms with Crippen molar-refractivity contribution in [2.75, 3.05) is 43.6 Å². The van der Waals surface area contributed by atoms with Crippen LogP contribution in [0.3, 0.4) is 0 Å². The first-order valence-corrected chi connectivity index (χ1v) is 13.5. The first kappa shape index (κ1) is 25.2. The molecule has 10 nitrogen and oxygen atoms in total. The monoisotopic (exact) mass is 550 g/mol. The van der Waals surface area contributed by atoms with E-state index in [1.54, 1.807) is 12.3 Å². The van der Waals surface area contributed by atoms with Crippen LogP contribution in [0, 0.1) is 11.8 Å². The van der Waals surface area contributed by atoms with Gasteiger partial charge in [-0.25, -0.2) is 14.5 Å².